The van der Waals surface area contributed by atoms with Gasteiger partial charge in [0.25, 0.3) is 0 Å². The van der Waals surface area contributed by atoms with E-state index in [1.165, 1.54) is 32.1 Å². The summed E-state index contributed by atoms with van der Waals surface area (Å²) >= 11 is 0. The molecule has 146 valence electrons. The number of hydrogen-bond donors (Lipinski definition) is 4. The van der Waals surface area contributed by atoms with Crippen LogP contribution in [0.25, 0.3) is 0 Å². The molecule has 0 aliphatic rings. The maximum atomic E-state index is 10.7. The van der Waals surface area contributed by atoms with Gasteiger partial charge in [-0.05, 0) is 12.8 Å². The van der Waals surface area contributed by atoms with E-state index in [0.29, 0.717) is 12.8 Å². The highest BCUT2D eigenvalue weighted by Gasteiger charge is 2.12. The Morgan fingerprint density at radius 1 is 0.542 bits per heavy atom. The summed E-state index contributed by atoms with van der Waals surface area (Å²) in [6.45, 7) is 0.123. The maximum Gasteiger partial charge on any atom is 0.469 e. The molecule has 0 fully saturated rings. The van der Waals surface area contributed by atoms with Crippen molar-refractivity contribution in [2.75, 3.05) is 12.8 Å². The Morgan fingerprint density at radius 2 is 0.875 bits per heavy atom. The fourth-order valence-electron chi connectivity index (χ4n) is 2.55. The minimum absolute atomic E-state index is 0.0123. The van der Waals surface area contributed by atoms with Crippen LogP contribution >= 0.6 is 15.4 Å². The lowest BCUT2D eigenvalue weighted by Gasteiger charge is -2.05. The zero-order valence-corrected chi connectivity index (χ0v) is 16.3. The lowest BCUT2D eigenvalue weighted by Crippen LogP contribution is -1.92. The van der Waals surface area contributed by atoms with Gasteiger partial charge in [-0.25, -0.2) is 4.57 Å². The minimum atomic E-state index is -4.29. The molecule has 0 saturated heterocycles. The van der Waals surface area contributed by atoms with Crippen molar-refractivity contribution in [3.63, 3.8) is 0 Å². The van der Waals surface area contributed by atoms with Crippen molar-refractivity contribution in [3.8, 4) is 0 Å². The van der Waals surface area contributed by atoms with Gasteiger partial charge in [0.2, 0.25) is 0 Å². The molecule has 0 atom stereocenters. The summed E-state index contributed by atoms with van der Waals surface area (Å²) in [6.07, 6.45) is 13.6. The van der Waals surface area contributed by atoms with Gasteiger partial charge in [-0.3, -0.25) is 9.09 Å². The summed E-state index contributed by atoms with van der Waals surface area (Å²) in [4.78, 5) is 34.5. The molecule has 0 aliphatic heterocycles. The highest BCUT2D eigenvalue weighted by molar-refractivity contribution is 7.51. The van der Waals surface area contributed by atoms with Gasteiger partial charge in [0.1, 0.15) is 0 Å². The summed E-state index contributed by atoms with van der Waals surface area (Å²) in [5.41, 5.74) is 0. The molecule has 0 aromatic heterocycles. The van der Waals surface area contributed by atoms with Gasteiger partial charge >= 0.3 is 15.4 Å². The molecule has 0 rings (SSSR count). The van der Waals surface area contributed by atoms with Crippen molar-refractivity contribution in [3.05, 3.63) is 0 Å². The van der Waals surface area contributed by atoms with Gasteiger partial charge in [-0.1, -0.05) is 70.6 Å². The first kappa shape index (κ1) is 24.3. The first-order valence-electron chi connectivity index (χ1n) is 8.95. The molecule has 0 unspecified atom stereocenters. The molecule has 4 N–H and O–H groups in total. The van der Waals surface area contributed by atoms with Crippen LogP contribution in [0, 0.1) is 0 Å². The van der Waals surface area contributed by atoms with Crippen LogP contribution in [0.1, 0.15) is 83.5 Å². The van der Waals surface area contributed by atoms with E-state index in [1.54, 1.807) is 0 Å². The Morgan fingerprint density at radius 3 is 1.21 bits per heavy atom. The van der Waals surface area contributed by atoms with Gasteiger partial charge < -0.3 is 19.6 Å². The fourth-order valence-corrected chi connectivity index (χ4v) is 3.55. The van der Waals surface area contributed by atoms with Crippen LogP contribution in [0.4, 0.5) is 0 Å². The molecule has 7 nitrogen and oxygen atoms in total. The Hall–Kier alpha value is 0.260. The summed E-state index contributed by atoms with van der Waals surface area (Å²) in [6, 6.07) is 0. The van der Waals surface area contributed by atoms with Crippen molar-refractivity contribution in [1.29, 1.82) is 0 Å². The Kier molecular flexibility index (Phi) is 14.6. The molecule has 0 aliphatic carbocycles. The van der Waals surface area contributed by atoms with Crippen LogP contribution in [0.5, 0.6) is 0 Å². The SMILES string of the molecule is O=P(O)(O)CCCCCCCCCCCCCCCOP(=O)(O)O. The van der Waals surface area contributed by atoms with E-state index in [4.69, 9.17) is 19.6 Å². The lowest BCUT2D eigenvalue weighted by molar-refractivity contribution is 0.193. The number of unbranched alkanes of at least 4 members (excludes halogenated alkanes) is 12. The quantitative estimate of drug-likeness (QED) is 0.216. The zero-order valence-electron chi connectivity index (χ0n) is 14.5. The van der Waals surface area contributed by atoms with Crippen LogP contribution in [0.2, 0.25) is 0 Å². The van der Waals surface area contributed by atoms with Crippen LogP contribution < -0.4 is 0 Å². The molecule has 0 bridgehead atoms. The van der Waals surface area contributed by atoms with Gasteiger partial charge in [0.05, 0.1) is 6.61 Å². The lowest BCUT2D eigenvalue weighted by atomic mass is 10.0. The largest absolute Gasteiger partial charge is 0.469 e. The second-order valence-electron chi connectivity index (χ2n) is 6.31. The molecule has 0 spiro atoms. The van der Waals surface area contributed by atoms with Gasteiger partial charge in [-0.15, -0.1) is 0 Å². The van der Waals surface area contributed by atoms with Gasteiger partial charge in [0, 0.05) is 6.16 Å². The van der Waals surface area contributed by atoms with Crippen molar-refractivity contribution in [1.82, 2.24) is 0 Å². The third-order valence-corrected chi connectivity index (χ3v) is 5.27. The van der Waals surface area contributed by atoms with E-state index >= 15 is 0 Å². The van der Waals surface area contributed by atoms with Gasteiger partial charge in [0.15, 0.2) is 0 Å². The third kappa shape index (κ3) is 22.3. The molecule has 0 saturated carbocycles. The second-order valence-corrected chi connectivity index (χ2v) is 9.32. The standard InChI is InChI=1S/C15H34O7P2/c16-23(17,18)15-13-11-9-7-5-3-1-2-4-6-8-10-12-14-22-24(19,20)21/h1-15H2,(H2,16,17,18)(H2,19,20,21). The van der Waals surface area contributed by atoms with Crippen molar-refractivity contribution < 1.29 is 33.2 Å². The number of rotatable bonds is 17. The molecule has 0 heterocycles. The first-order chi connectivity index (χ1) is 11.2. The van der Waals surface area contributed by atoms with E-state index in [9.17, 15) is 9.13 Å². The average Bonchev–Trinajstić information content (AvgIpc) is 2.44. The van der Waals surface area contributed by atoms with E-state index < -0.39 is 15.4 Å². The number of hydrogen-bond acceptors (Lipinski definition) is 3. The van der Waals surface area contributed by atoms with E-state index in [0.717, 1.165) is 38.5 Å². The first-order valence-corrected chi connectivity index (χ1v) is 12.3. The monoisotopic (exact) mass is 388 g/mol. The number of phosphoric acid groups is 1. The van der Waals surface area contributed by atoms with Crippen LogP contribution in [0.3, 0.4) is 0 Å². The summed E-state index contributed by atoms with van der Waals surface area (Å²) in [7, 11) is -8.10. The smallest absolute Gasteiger partial charge is 0.324 e. The molecule has 0 aromatic carbocycles. The summed E-state index contributed by atoms with van der Waals surface area (Å²) < 4.78 is 25.5. The Labute approximate surface area is 145 Å². The molecule has 0 radical (unpaired) electrons. The summed E-state index contributed by atoms with van der Waals surface area (Å²) in [5, 5.41) is 0. The molecule has 24 heavy (non-hydrogen) atoms. The van der Waals surface area contributed by atoms with E-state index in [2.05, 4.69) is 4.52 Å². The normalized spacial score (nSPS) is 12.7. The summed E-state index contributed by atoms with van der Waals surface area (Å²) in [5.74, 6) is 0. The molecule has 9 heteroatoms. The average molecular weight is 388 g/mol. The van der Waals surface area contributed by atoms with Crippen molar-refractivity contribution in [2.45, 2.75) is 83.5 Å². The van der Waals surface area contributed by atoms with Gasteiger partial charge in [-0.2, -0.15) is 0 Å². The molecular formula is C15H34O7P2. The Bertz CT molecular complexity index is 342. The topological polar surface area (TPSA) is 124 Å². The Balaban J connectivity index is 3.10. The predicted molar refractivity (Wildman–Crippen MR) is 94.9 cm³/mol. The molecule has 0 aromatic rings. The van der Waals surface area contributed by atoms with Crippen LogP contribution in [0.15, 0.2) is 0 Å². The second kappa shape index (κ2) is 14.4. The molecular weight excluding hydrogens is 354 g/mol. The van der Waals surface area contributed by atoms with Crippen molar-refractivity contribution in [2.24, 2.45) is 0 Å². The van der Waals surface area contributed by atoms with E-state index in [-0.39, 0.29) is 12.8 Å². The van der Waals surface area contributed by atoms with Crippen LogP contribution in [-0.4, -0.2) is 32.3 Å². The molecule has 0 amide bonds. The maximum absolute atomic E-state index is 10.7. The van der Waals surface area contributed by atoms with Crippen LogP contribution in [-0.2, 0) is 13.7 Å². The minimum Gasteiger partial charge on any atom is -0.324 e. The highest BCUT2D eigenvalue weighted by Crippen LogP contribution is 2.36. The highest BCUT2D eigenvalue weighted by atomic mass is 31.2. The predicted octanol–water partition coefficient (Wildman–Crippen LogP) is 4.34. The third-order valence-electron chi connectivity index (χ3n) is 3.85. The zero-order chi connectivity index (χ0) is 18.3. The number of phosphoric ester groups is 1. The van der Waals surface area contributed by atoms with Crippen molar-refractivity contribution >= 4 is 15.4 Å². The van der Waals surface area contributed by atoms with E-state index in [1.807, 2.05) is 0 Å². The fraction of sp³-hybridized carbons (Fsp3) is 1.00.